The highest BCUT2D eigenvalue weighted by molar-refractivity contribution is 5.93. The average molecular weight is 218 g/mol. The normalized spacial score (nSPS) is 10.7. The molecule has 2 rings (SSSR count). The number of halogens is 1. The fourth-order valence-corrected chi connectivity index (χ4v) is 1.81. The summed E-state index contributed by atoms with van der Waals surface area (Å²) < 4.78 is 13.3. The van der Waals surface area contributed by atoms with E-state index in [1.54, 1.807) is 12.3 Å². The summed E-state index contributed by atoms with van der Waals surface area (Å²) in [6.07, 6.45) is 2.78. The van der Waals surface area contributed by atoms with Crippen LogP contribution in [0, 0.1) is 12.7 Å². The lowest BCUT2D eigenvalue weighted by atomic mass is 10.1. The highest BCUT2D eigenvalue weighted by Gasteiger charge is 2.05. The zero-order valence-corrected chi connectivity index (χ0v) is 9.55. The molecule has 0 aliphatic carbocycles. The molecule has 2 aromatic rings. The predicted octanol–water partition coefficient (Wildman–Crippen LogP) is 3.50. The van der Waals surface area contributed by atoms with Gasteiger partial charge in [-0.1, -0.05) is 6.92 Å². The number of nitrogens with one attached hydrogen (secondary N) is 1. The second-order valence-electron chi connectivity index (χ2n) is 3.90. The van der Waals surface area contributed by atoms with Crippen LogP contribution in [0.25, 0.3) is 10.8 Å². The quantitative estimate of drug-likeness (QED) is 0.852. The van der Waals surface area contributed by atoms with E-state index in [1.165, 1.54) is 6.07 Å². The lowest BCUT2D eigenvalue weighted by Crippen LogP contribution is -2.02. The minimum atomic E-state index is -0.211. The Kier molecular flexibility index (Phi) is 3.04. The van der Waals surface area contributed by atoms with Crippen molar-refractivity contribution in [3.8, 4) is 0 Å². The molecule has 0 amide bonds. The van der Waals surface area contributed by atoms with Gasteiger partial charge in [-0.15, -0.1) is 0 Å². The van der Waals surface area contributed by atoms with Gasteiger partial charge in [0.2, 0.25) is 0 Å². The Morgan fingerprint density at radius 1 is 1.31 bits per heavy atom. The summed E-state index contributed by atoms with van der Waals surface area (Å²) in [5, 5.41) is 5.12. The molecule has 1 aromatic heterocycles. The fraction of sp³-hybridized carbons (Fsp3) is 0.308. The first-order valence-corrected chi connectivity index (χ1v) is 5.51. The van der Waals surface area contributed by atoms with E-state index in [4.69, 9.17) is 0 Å². The average Bonchev–Trinajstić information content (AvgIpc) is 2.26. The molecule has 1 heterocycles. The van der Waals surface area contributed by atoms with Crippen LogP contribution in [0.5, 0.6) is 0 Å². The lowest BCUT2D eigenvalue weighted by Gasteiger charge is -2.09. The van der Waals surface area contributed by atoms with Crippen LogP contribution in [0.2, 0.25) is 0 Å². The molecule has 0 bridgehead atoms. The lowest BCUT2D eigenvalue weighted by molar-refractivity contribution is 0.628. The molecule has 0 atom stereocenters. The van der Waals surface area contributed by atoms with Gasteiger partial charge in [-0.05, 0) is 42.5 Å². The van der Waals surface area contributed by atoms with Crippen LogP contribution in [0.3, 0.4) is 0 Å². The molecule has 2 nitrogen and oxygen atoms in total. The van der Waals surface area contributed by atoms with Gasteiger partial charge in [0.15, 0.2) is 0 Å². The zero-order valence-electron chi connectivity index (χ0n) is 9.55. The summed E-state index contributed by atoms with van der Waals surface area (Å²) in [6, 6.07) is 5.00. The van der Waals surface area contributed by atoms with Crippen LogP contribution < -0.4 is 5.32 Å². The third kappa shape index (κ3) is 1.98. The van der Waals surface area contributed by atoms with E-state index >= 15 is 0 Å². The number of hydrogen-bond acceptors (Lipinski definition) is 2. The minimum Gasteiger partial charge on any atom is -0.370 e. The van der Waals surface area contributed by atoms with Crippen molar-refractivity contribution in [3.63, 3.8) is 0 Å². The van der Waals surface area contributed by atoms with Gasteiger partial charge in [-0.2, -0.15) is 0 Å². The summed E-state index contributed by atoms with van der Waals surface area (Å²) >= 11 is 0. The number of anilines is 1. The van der Waals surface area contributed by atoms with E-state index in [9.17, 15) is 4.39 Å². The third-order valence-corrected chi connectivity index (χ3v) is 2.59. The zero-order chi connectivity index (χ0) is 11.5. The summed E-state index contributed by atoms with van der Waals surface area (Å²) in [7, 11) is 0. The van der Waals surface area contributed by atoms with Gasteiger partial charge < -0.3 is 5.32 Å². The van der Waals surface area contributed by atoms with Crippen molar-refractivity contribution in [2.45, 2.75) is 20.3 Å². The molecular weight excluding hydrogens is 203 g/mol. The van der Waals surface area contributed by atoms with Crippen molar-refractivity contribution in [2.75, 3.05) is 11.9 Å². The van der Waals surface area contributed by atoms with Crippen LogP contribution in [0.1, 0.15) is 18.9 Å². The monoisotopic (exact) mass is 218 g/mol. The van der Waals surface area contributed by atoms with E-state index in [0.717, 1.165) is 35.1 Å². The van der Waals surface area contributed by atoms with Crippen molar-refractivity contribution in [1.29, 1.82) is 0 Å². The summed E-state index contributed by atoms with van der Waals surface area (Å²) in [4.78, 5) is 4.25. The number of aromatic nitrogens is 1. The predicted molar refractivity (Wildman–Crippen MR) is 65.2 cm³/mol. The van der Waals surface area contributed by atoms with Crippen LogP contribution >= 0.6 is 0 Å². The maximum Gasteiger partial charge on any atom is 0.133 e. The molecule has 0 saturated carbocycles. The Balaban J connectivity index is 2.57. The largest absolute Gasteiger partial charge is 0.370 e. The van der Waals surface area contributed by atoms with Gasteiger partial charge >= 0.3 is 0 Å². The van der Waals surface area contributed by atoms with Crippen molar-refractivity contribution in [3.05, 3.63) is 35.8 Å². The summed E-state index contributed by atoms with van der Waals surface area (Å²) in [5.74, 6) is 0.555. The Bertz CT molecular complexity index is 509. The number of aryl methyl sites for hydroxylation is 1. The van der Waals surface area contributed by atoms with Crippen molar-refractivity contribution >= 4 is 16.6 Å². The summed E-state index contributed by atoms with van der Waals surface area (Å²) in [5.41, 5.74) is 0.942. The van der Waals surface area contributed by atoms with Gasteiger partial charge in [0.25, 0.3) is 0 Å². The second-order valence-corrected chi connectivity index (χ2v) is 3.90. The highest BCUT2D eigenvalue weighted by atomic mass is 19.1. The summed E-state index contributed by atoms with van der Waals surface area (Å²) in [6.45, 7) is 4.85. The molecule has 1 N–H and O–H groups in total. The Labute approximate surface area is 94.5 Å². The first-order chi connectivity index (χ1) is 7.72. The molecule has 3 heteroatoms. The maximum atomic E-state index is 13.3. The molecule has 0 aliphatic heterocycles. The molecular formula is C13H15FN2. The molecule has 0 spiro atoms. The van der Waals surface area contributed by atoms with Crippen molar-refractivity contribution < 1.29 is 4.39 Å². The Morgan fingerprint density at radius 3 is 2.88 bits per heavy atom. The smallest absolute Gasteiger partial charge is 0.133 e. The van der Waals surface area contributed by atoms with E-state index < -0.39 is 0 Å². The van der Waals surface area contributed by atoms with Gasteiger partial charge in [0.1, 0.15) is 11.6 Å². The van der Waals surface area contributed by atoms with Crippen LogP contribution in [0.4, 0.5) is 10.2 Å². The van der Waals surface area contributed by atoms with Gasteiger partial charge in [-0.25, -0.2) is 9.37 Å². The molecule has 0 radical (unpaired) electrons. The van der Waals surface area contributed by atoms with E-state index in [1.807, 2.05) is 13.0 Å². The number of benzene rings is 1. The molecule has 0 unspecified atom stereocenters. The number of rotatable bonds is 3. The first-order valence-electron chi connectivity index (χ1n) is 5.51. The Morgan fingerprint density at radius 2 is 2.12 bits per heavy atom. The molecule has 0 aliphatic rings. The van der Waals surface area contributed by atoms with Crippen molar-refractivity contribution in [1.82, 2.24) is 4.98 Å². The topological polar surface area (TPSA) is 24.9 Å². The number of pyridine rings is 1. The highest BCUT2D eigenvalue weighted by Crippen LogP contribution is 2.25. The standard InChI is InChI=1S/C13H15FN2/c1-3-5-15-13-12-8-10(14)7-9(2)11(12)4-6-16-13/h4,6-8H,3,5H2,1-2H3,(H,15,16). The third-order valence-electron chi connectivity index (χ3n) is 2.59. The van der Waals surface area contributed by atoms with Crippen LogP contribution in [-0.4, -0.2) is 11.5 Å². The van der Waals surface area contributed by atoms with E-state index in [0.29, 0.717) is 0 Å². The number of hydrogen-bond donors (Lipinski definition) is 1. The number of fused-ring (bicyclic) bond motifs is 1. The number of nitrogens with zero attached hydrogens (tertiary/aromatic N) is 1. The van der Waals surface area contributed by atoms with E-state index in [2.05, 4.69) is 17.2 Å². The molecule has 84 valence electrons. The minimum absolute atomic E-state index is 0.211. The Hall–Kier alpha value is -1.64. The first kappa shape index (κ1) is 10.9. The van der Waals surface area contributed by atoms with Gasteiger partial charge in [-0.3, -0.25) is 0 Å². The maximum absolute atomic E-state index is 13.3. The SMILES string of the molecule is CCCNc1nccc2c(C)cc(F)cc12. The van der Waals surface area contributed by atoms with Gasteiger partial charge in [0, 0.05) is 18.1 Å². The van der Waals surface area contributed by atoms with Crippen LogP contribution in [-0.2, 0) is 0 Å². The van der Waals surface area contributed by atoms with E-state index in [-0.39, 0.29) is 5.82 Å². The molecule has 0 fully saturated rings. The molecule has 0 saturated heterocycles. The van der Waals surface area contributed by atoms with Crippen LogP contribution in [0.15, 0.2) is 24.4 Å². The molecule has 16 heavy (non-hydrogen) atoms. The fourth-order valence-electron chi connectivity index (χ4n) is 1.81. The van der Waals surface area contributed by atoms with Crippen molar-refractivity contribution in [2.24, 2.45) is 0 Å². The molecule has 1 aromatic carbocycles. The van der Waals surface area contributed by atoms with Gasteiger partial charge in [0.05, 0.1) is 0 Å². The second kappa shape index (κ2) is 4.47.